The molecule has 0 radical (unpaired) electrons. The van der Waals surface area contributed by atoms with Gasteiger partial charge in [0.25, 0.3) is 0 Å². The van der Waals surface area contributed by atoms with Crippen LogP contribution in [0.25, 0.3) is 0 Å². The summed E-state index contributed by atoms with van der Waals surface area (Å²) in [6.45, 7) is 3.54. The molecule has 1 fully saturated rings. The highest BCUT2D eigenvalue weighted by Crippen LogP contribution is 2.32. The van der Waals surface area contributed by atoms with E-state index in [0.717, 1.165) is 48.7 Å². The molecule has 0 bridgehead atoms. The van der Waals surface area contributed by atoms with Gasteiger partial charge in [0.1, 0.15) is 11.6 Å². The fourth-order valence-electron chi connectivity index (χ4n) is 3.11. The lowest BCUT2D eigenvalue weighted by atomic mass is 9.96. The van der Waals surface area contributed by atoms with E-state index in [-0.39, 0.29) is 6.04 Å². The summed E-state index contributed by atoms with van der Waals surface area (Å²) in [5.74, 6) is -1.04. The van der Waals surface area contributed by atoms with Gasteiger partial charge >= 0.3 is 0 Å². The average molecular weight is 381 g/mol. The summed E-state index contributed by atoms with van der Waals surface area (Å²) in [6.07, 6.45) is 1.01. The maximum absolute atomic E-state index is 14.4. The topological polar surface area (TPSA) is 15.3 Å². The molecule has 0 spiro atoms. The molecule has 3 rings (SSSR count). The molecule has 0 aromatic heterocycles. The Kier molecular flexibility index (Phi) is 5.41. The number of rotatable bonds is 3. The molecule has 1 heterocycles. The minimum atomic E-state index is -0.545. The molecule has 1 saturated heterocycles. The van der Waals surface area contributed by atoms with Gasteiger partial charge in [0.15, 0.2) is 0 Å². The molecule has 0 aliphatic carbocycles. The van der Waals surface area contributed by atoms with Crippen LogP contribution in [-0.4, -0.2) is 31.1 Å². The standard InChI is InChI=1S/C18H19BrF2N2/c19-14-4-1-3-13(11-14)18(23-9-2-7-22-8-10-23)16-6-5-15(20)12-17(16)21/h1,3-6,11-12,18,22H,2,7-10H2. The van der Waals surface area contributed by atoms with E-state index >= 15 is 0 Å². The molecule has 1 aliphatic rings. The van der Waals surface area contributed by atoms with E-state index in [1.807, 2.05) is 24.3 Å². The maximum atomic E-state index is 14.4. The van der Waals surface area contributed by atoms with E-state index < -0.39 is 11.6 Å². The summed E-state index contributed by atoms with van der Waals surface area (Å²) >= 11 is 3.49. The van der Waals surface area contributed by atoms with E-state index in [2.05, 4.69) is 26.1 Å². The number of nitrogens with one attached hydrogen (secondary N) is 1. The molecule has 2 aromatic carbocycles. The summed E-state index contributed by atoms with van der Waals surface area (Å²) in [5, 5.41) is 3.37. The lowest BCUT2D eigenvalue weighted by molar-refractivity contribution is 0.236. The van der Waals surface area contributed by atoms with Crippen LogP contribution in [0.3, 0.4) is 0 Å². The number of benzene rings is 2. The monoisotopic (exact) mass is 380 g/mol. The first-order valence-electron chi connectivity index (χ1n) is 7.80. The van der Waals surface area contributed by atoms with Gasteiger partial charge in [0, 0.05) is 35.7 Å². The summed E-state index contributed by atoms with van der Waals surface area (Å²) in [5.41, 5.74) is 1.53. The van der Waals surface area contributed by atoms with Crippen LogP contribution >= 0.6 is 15.9 Å². The van der Waals surface area contributed by atoms with Crippen molar-refractivity contribution >= 4 is 15.9 Å². The SMILES string of the molecule is Fc1ccc(C(c2cccc(Br)c2)N2CCCNCC2)c(F)c1. The zero-order valence-corrected chi connectivity index (χ0v) is 14.3. The van der Waals surface area contributed by atoms with Gasteiger partial charge in [-0.2, -0.15) is 0 Å². The Morgan fingerprint density at radius 1 is 1.04 bits per heavy atom. The average Bonchev–Trinajstić information content (AvgIpc) is 2.79. The van der Waals surface area contributed by atoms with Crippen molar-refractivity contribution in [1.82, 2.24) is 10.2 Å². The Morgan fingerprint density at radius 3 is 2.70 bits per heavy atom. The fraction of sp³-hybridized carbons (Fsp3) is 0.333. The first-order chi connectivity index (χ1) is 11.1. The highest BCUT2D eigenvalue weighted by Gasteiger charge is 2.26. The predicted octanol–water partition coefficient (Wildman–Crippen LogP) is 4.11. The van der Waals surface area contributed by atoms with E-state index in [4.69, 9.17) is 0 Å². The second-order valence-corrected chi connectivity index (χ2v) is 6.68. The molecule has 0 saturated carbocycles. The van der Waals surface area contributed by atoms with Crippen molar-refractivity contribution < 1.29 is 8.78 Å². The van der Waals surface area contributed by atoms with E-state index in [9.17, 15) is 8.78 Å². The molecule has 5 heteroatoms. The van der Waals surface area contributed by atoms with Crippen molar-refractivity contribution in [3.63, 3.8) is 0 Å². The first-order valence-corrected chi connectivity index (χ1v) is 8.59. The molecule has 1 aliphatic heterocycles. The van der Waals surface area contributed by atoms with Gasteiger partial charge in [0.05, 0.1) is 6.04 Å². The van der Waals surface area contributed by atoms with Gasteiger partial charge < -0.3 is 5.32 Å². The van der Waals surface area contributed by atoms with Gasteiger partial charge in [-0.15, -0.1) is 0 Å². The van der Waals surface area contributed by atoms with E-state index in [0.29, 0.717) is 5.56 Å². The zero-order valence-electron chi connectivity index (χ0n) is 12.7. The molecule has 23 heavy (non-hydrogen) atoms. The van der Waals surface area contributed by atoms with Crippen LogP contribution in [0, 0.1) is 11.6 Å². The van der Waals surface area contributed by atoms with Crippen LogP contribution in [0.1, 0.15) is 23.6 Å². The molecule has 2 nitrogen and oxygen atoms in total. The molecule has 0 amide bonds. The summed E-state index contributed by atoms with van der Waals surface area (Å²) in [7, 11) is 0. The van der Waals surface area contributed by atoms with Gasteiger partial charge in [-0.25, -0.2) is 8.78 Å². The highest BCUT2D eigenvalue weighted by atomic mass is 79.9. The second-order valence-electron chi connectivity index (χ2n) is 5.76. The fourth-order valence-corrected chi connectivity index (χ4v) is 3.53. The van der Waals surface area contributed by atoms with Crippen LogP contribution < -0.4 is 5.32 Å². The van der Waals surface area contributed by atoms with Crippen LogP contribution in [0.4, 0.5) is 8.78 Å². The third-order valence-corrected chi connectivity index (χ3v) is 4.65. The van der Waals surface area contributed by atoms with Crippen molar-refractivity contribution in [2.24, 2.45) is 0 Å². The van der Waals surface area contributed by atoms with Crippen LogP contribution in [-0.2, 0) is 0 Å². The van der Waals surface area contributed by atoms with Crippen LogP contribution in [0.5, 0.6) is 0 Å². The second kappa shape index (κ2) is 7.51. The van der Waals surface area contributed by atoms with E-state index in [1.165, 1.54) is 6.07 Å². The predicted molar refractivity (Wildman–Crippen MR) is 91.4 cm³/mol. The Hall–Kier alpha value is -1.30. The largest absolute Gasteiger partial charge is 0.315 e. The minimum absolute atomic E-state index is 0.215. The summed E-state index contributed by atoms with van der Waals surface area (Å²) in [6, 6.07) is 11.6. The summed E-state index contributed by atoms with van der Waals surface area (Å²) < 4.78 is 28.7. The Bertz CT molecular complexity index is 670. The van der Waals surface area contributed by atoms with Crippen molar-refractivity contribution in [3.8, 4) is 0 Å². The van der Waals surface area contributed by atoms with E-state index in [1.54, 1.807) is 6.07 Å². The quantitative estimate of drug-likeness (QED) is 0.861. The Labute approximate surface area is 143 Å². The molecular formula is C18H19BrF2N2. The number of hydrogen-bond donors (Lipinski definition) is 1. The van der Waals surface area contributed by atoms with Gasteiger partial charge in [-0.05, 0) is 36.7 Å². The van der Waals surface area contributed by atoms with Gasteiger partial charge in [-0.3, -0.25) is 4.90 Å². The van der Waals surface area contributed by atoms with Crippen molar-refractivity contribution in [2.75, 3.05) is 26.2 Å². The lowest BCUT2D eigenvalue weighted by Gasteiger charge is -2.31. The smallest absolute Gasteiger partial charge is 0.131 e. The maximum Gasteiger partial charge on any atom is 0.131 e. The normalized spacial score (nSPS) is 17.7. The lowest BCUT2D eigenvalue weighted by Crippen LogP contribution is -2.33. The first kappa shape index (κ1) is 16.6. The number of nitrogens with zero attached hydrogens (tertiary/aromatic N) is 1. The van der Waals surface area contributed by atoms with Crippen LogP contribution in [0.15, 0.2) is 46.9 Å². The summed E-state index contributed by atoms with van der Waals surface area (Å²) in [4.78, 5) is 2.26. The minimum Gasteiger partial charge on any atom is -0.315 e. The highest BCUT2D eigenvalue weighted by molar-refractivity contribution is 9.10. The van der Waals surface area contributed by atoms with Crippen LogP contribution in [0.2, 0.25) is 0 Å². The molecular weight excluding hydrogens is 362 g/mol. The van der Waals surface area contributed by atoms with Gasteiger partial charge in [0.2, 0.25) is 0 Å². The number of hydrogen-bond acceptors (Lipinski definition) is 2. The molecule has 1 atom stereocenters. The molecule has 1 unspecified atom stereocenters. The van der Waals surface area contributed by atoms with Crippen molar-refractivity contribution in [2.45, 2.75) is 12.5 Å². The third-order valence-electron chi connectivity index (χ3n) is 4.16. The van der Waals surface area contributed by atoms with Crippen molar-refractivity contribution in [1.29, 1.82) is 0 Å². The molecule has 122 valence electrons. The van der Waals surface area contributed by atoms with Crippen molar-refractivity contribution in [3.05, 3.63) is 69.7 Å². The molecule has 1 N–H and O–H groups in total. The Morgan fingerprint density at radius 2 is 1.91 bits per heavy atom. The Balaban J connectivity index is 2.05. The third kappa shape index (κ3) is 3.97. The number of halogens is 3. The molecule has 2 aromatic rings. The zero-order chi connectivity index (χ0) is 16.2. The van der Waals surface area contributed by atoms with Gasteiger partial charge in [-0.1, -0.05) is 34.1 Å².